The van der Waals surface area contributed by atoms with Crippen molar-refractivity contribution in [1.29, 1.82) is 0 Å². The van der Waals surface area contributed by atoms with Crippen molar-refractivity contribution in [3.8, 4) is 5.75 Å². The Labute approximate surface area is 159 Å². The summed E-state index contributed by atoms with van der Waals surface area (Å²) < 4.78 is 7.60. The zero-order valence-electron chi connectivity index (χ0n) is 14.9. The molecule has 0 unspecified atom stereocenters. The van der Waals surface area contributed by atoms with Gasteiger partial charge in [0.15, 0.2) is 0 Å². The van der Waals surface area contributed by atoms with Crippen molar-refractivity contribution in [3.05, 3.63) is 63.1 Å². The van der Waals surface area contributed by atoms with Gasteiger partial charge in [-0.3, -0.25) is 0 Å². The van der Waals surface area contributed by atoms with Gasteiger partial charge in [-0.15, -0.1) is 0 Å². The van der Waals surface area contributed by atoms with Gasteiger partial charge in [0.1, 0.15) is 11.9 Å². The van der Waals surface area contributed by atoms with Crippen LogP contribution in [0, 0.1) is 0 Å². The molecule has 1 aliphatic heterocycles. The van der Waals surface area contributed by atoms with Crippen molar-refractivity contribution in [2.24, 2.45) is 0 Å². The minimum Gasteiger partial charge on any atom is -0.486 e. The molecule has 0 spiro atoms. The highest BCUT2D eigenvalue weighted by Crippen LogP contribution is 2.40. The predicted molar refractivity (Wildman–Crippen MR) is 106 cm³/mol. The lowest BCUT2D eigenvalue weighted by Gasteiger charge is -2.26. The van der Waals surface area contributed by atoms with Crippen LogP contribution in [0.3, 0.4) is 0 Å². The molecule has 4 rings (SSSR count). The molecule has 25 heavy (non-hydrogen) atoms. The number of halogens is 1. The van der Waals surface area contributed by atoms with E-state index in [9.17, 15) is 0 Å². The number of hydrogen-bond donors (Lipinski definition) is 1. The van der Waals surface area contributed by atoms with Gasteiger partial charge in [-0.1, -0.05) is 41.1 Å². The summed E-state index contributed by atoms with van der Waals surface area (Å²) in [5.41, 5.74) is 5.74. The average molecular weight is 400 g/mol. The highest BCUT2D eigenvalue weighted by molar-refractivity contribution is 9.10. The van der Waals surface area contributed by atoms with E-state index in [4.69, 9.17) is 4.74 Å². The molecule has 1 N–H and O–H groups in total. The molecule has 0 aromatic heterocycles. The second-order valence-corrected chi connectivity index (χ2v) is 8.05. The normalized spacial score (nSPS) is 20.5. The summed E-state index contributed by atoms with van der Waals surface area (Å²) >= 11 is 3.71. The van der Waals surface area contributed by atoms with E-state index < -0.39 is 0 Å². The standard InChI is InChI=1S/C22H26BrNO/c1-2-15-14-18(7-8-19(15)16-10-12-24-13-11-16)25-21-9-6-17-4-3-5-20(23)22(17)21/h3-5,7-8,14,16,21,24H,2,6,9-13H2,1H3/t21-/m0/s1. The SMILES string of the molecule is CCc1cc(O[C@H]2CCc3cccc(Br)c32)ccc1C1CCNCC1. The third-order valence-electron chi connectivity index (χ3n) is 5.69. The minimum atomic E-state index is 0.167. The van der Waals surface area contributed by atoms with Gasteiger partial charge in [-0.2, -0.15) is 0 Å². The number of piperidine rings is 1. The highest BCUT2D eigenvalue weighted by atomic mass is 79.9. The summed E-state index contributed by atoms with van der Waals surface area (Å²) in [5.74, 6) is 1.72. The topological polar surface area (TPSA) is 21.3 Å². The molecule has 0 saturated carbocycles. The molecule has 1 saturated heterocycles. The summed E-state index contributed by atoms with van der Waals surface area (Å²) in [7, 11) is 0. The Morgan fingerprint density at radius 2 is 1.96 bits per heavy atom. The average Bonchev–Trinajstić information content (AvgIpc) is 3.06. The third-order valence-corrected chi connectivity index (χ3v) is 6.39. The van der Waals surface area contributed by atoms with Crippen molar-refractivity contribution in [2.75, 3.05) is 13.1 Å². The largest absolute Gasteiger partial charge is 0.486 e. The van der Waals surface area contributed by atoms with Gasteiger partial charge in [-0.05, 0) is 86.0 Å². The van der Waals surface area contributed by atoms with Gasteiger partial charge in [0.2, 0.25) is 0 Å². The number of nitrogens with one attached hydrogen (secondary N) is 1. The van der Waals surface area contributed by atoms with Crippen LogP contribution in [0.1, 0.15) is 60.5 Å². The first-order valence-electron chi connectivity index (χ1n) is 9.53. The lowest BCUT2D eigenvalue weighted by atomic mass is 9.86. The van der Waals surface area contributed by atoms with E-state index in [1.807, 2.05) is 0 Å². The van der Waals surface area contributed by atoms with Crippen LogP contribution in [0.25, 0.3) is 0 Å². The van der Waals surface area contributed by atoms with Gasteiger partial charge < -0.3 is 10.1 Å². The van der Waals surface area contributed by atoms with Crippen molar-refractivity contribution in [3.63, 3.8) is 0 Å². The Balaban J connectivity index is 1.56. The summed E-state index contributed by atoms with van der Waals surface area (Å²) in [6.07, 6.45) is 5.90. The first kappa shape index (κ1) is 17.1. The fraction of sp³-hybridized carbons (Fsp3) is 0.455. The van der Waals surface area contributed by atoms with E-state index in [2.05, 4.69) is 64.6 Å². The predicted octanol–water partition coefficient (Wildman–Crippen LogP) is 5.54. The van der Waals surface area contributed by atoms with Crippen LogP contribution in [-0.2, 0) is 12.8 Å². The maximum Gasteiger partial charge on any atom is 0.125 e. The molecule has 3 heteroatoms. The molecule has 1 fully saturated rings. The van der Waals surface area contributed by atoms with Crippen LogP contribution in [0.2, 0.25) is 0 Å². The maximum absolute atomic E-state index is 6.43. The Bertz CT molecular complexity index is 752. The molecule has 2 aliphatic rings. The second kappa shape index (κ2) is 7.51. The summed E-state index contributed by atoms with van der Waals surface area (Å²) in [4.78, 5) is 0. The zero-order valence-corrected chi connectivity index (χ0v) is 16.4. The zero-order chi connectivity index (χ0) is 17.2. The molecule has 132 valence electrons. The molecule has 2 aromatic rings. The molecule has 2 nitrogen and oxygen atoms in total. The van der Waals surface area contributed by atoms with E-state index in [1.165, 1.54) is 39.6 Å². The summed E-state index contributed by atoms with van der Waals surface area (Å²) in [5, 5.41) is 3.47. The molecule has 1 atom stereocenters. The number of rotatable bonds is 4. The molecule has 0 bridgehead atoms. The van der Waals surface area contributed by atoms with Crippen molar-refractivity contribution in [1.82, 2.24) is 5.32 Å². The molecular weight excluding hydrogens is 374 g/mol. The number of benzene rings is 2. The van der Waals surface area contributed by atoms with Gasteiger partial charge in [0, 0.05) is 10.0 Å². The van der Waals surface area contributed by atoms with Crippen molar-refractivity contribution >= 4 is 15.9 Å². The van der Waals surface area contributed by atoms with Crippen molar-refractivity contribution in [2.45, 2.75) is 51.0 Å². The lowest BCUT2D eigenvalue weighted by Crippen LogP contribution is -2.27. The first-order valence-corrected chi connectivity index (χ1v) is 10.3. The van der Waals surface area contributed by atoms with Gasteiger partial charge >= 0.3 is 0 Å². The van der Waals surface area contributed by atoms with E-state index in [0.717, 1.165) is 38.1 Å². The monoisotopic (exact) mass is 399 g/mol. The van der Waals surface area contributed by atoms with Gasteiger partial charge in [-0.25, -0.2) is 0 Å². The quantitative estimate of drug-likeness (QED) is 0.727. The fourth-order valence-corrected chi connectivity index (χ4v) is 5.03. The Kier molecular flexibility index (Phi) is 5.14. The van der Waals surface area contributed by atoms with E-state index in [-0.39, 0.29) is 6.10 Å². The maximum atomic E-state index is 6.43. The molecule has 0 amide bonds. The van der Waals surface area contributed by atoms with Crippen LogP contribution in [0.15, 0.2) is 40.9 Å². The van der Waals surface area contributed by atoms with Crippen LogP contribution >= 0.6 is 15.9 Å². The number of fused-ring (bicyclic) bond motifs is 1. The Morgan fingerprint density at radius 3 is 2.76 bits per heavy atom. The lowest BCUT2D eigenvalue weighted by molar-refractivity contribution is 0.206. The van der Waals surface area contributed by atoms with Gasteiger partial charge in [0.05, 0.1) is 0 Å². The van der Waals surface area contributed by atoms with Gasteiger partial charge in [0.25, 0.3) is 0 Å². The second-order valence-electron chi connectivity index (χ2n) is 7.20. The molecule has 0 radical (unpaired) electrons. The van der Waals surface area contributed by atoms with E-state index in [1.54, 1.807) is 0 Å². The number of ether oxygens (including phenoxy) is 1. The van der Waals surface area contributed by atoms with Crippen LogP contribution in [0.4, 0.5) is 0 Å². The third kappa shape index (κ3) is 3.50. The first-order chi connectivity index (χ1) is 12.3. The van der Waals surface area contributed by atoms with Crippen molar-refractivity contribution < 1.29 is 4.74 Å². The molecular formula is C22H26BrNO. The van der Waals surface area contributed by atoms with E-state index in [0.29, 0.717) is 5.92 Å². The molecule has 2 aromatic carbocycles. The Hall–Kier alpha value is -1.32. The summed E-state index contributed by atoms with van der Waals surface area (Å²) in [6.45, 7) is 4.53. The van der Waals surface area contributed by atoms with Crippen LogP contribution in [-0.4, -0.2) is 13.1 Å². The summed E-state index contributed by atoms with van der Waals surface area (Å²) in [6, 6.07) is 13.3. The number of aryl methyl sites for hydroxylation is 2. The highest BCUT2D eigenvalue weighted by Gasteiger charge is 2.26. The van der Waals surface area contributed by atoms with Crippen LogP contribution < -0.4 is 10.1 Å². The molecule has 1 aliphatic carbocycles. The smallest absolute Gasteiger partial charge is 0.125 e. The van der Waals surface area contributed by atoms with Crippen LogP contribution in [0.5, 0.6) is 5.75 Å². The minimum absolute atomic E-state index is 0.167. The fourth-order valence-electron chi connectivity index (χ4n) is 4.37. The number of hydrogen-bond acceptors (Lipinski definition) is 2. The molecule has 1 heterocycles. The van der Waals surface area contributed by atoms with E-state index >= 15 is 0 Å². The Morgan fingerprint density at radius 1 is 1.12 bits per heavy atom.